The second-order valence-corrected chi connectivity index (χ2v) is 7.76. The van der Waals surface area contributed by atoms with Gasteiger partial charge in [-0.05, 0) is 55.2 Å². The van der Waals surface area contributed by atoms with Crippen LogP contribution in [0.25, 0.3) is 0 Å². The third-order valence-corrected chi connectivity index (χ3v) is 5.64. The quantitative estimate of drug-likeness (QED) is 0.670. The van der Waals surface area contributed by atoms with E-state index in [0.29, 0.717) is 31.6 Å². The normalized spacial score (nSPS) is 17.2. The van der Waals surface area contributed by atoms with E-state index in [2.05, 4.69) is 26.0 Å². The first-order valence-corrected chi connectivity index (χ1v) is 9.89. The molecule has 1 saturated heterocycles. The molecule has 0 saturated carbocycles. The molecule has 1 heterocycles. The van der Waals surface area contributed by atoms with Gasteiger partial charge in [0.1, 0.15) is 5.75 Å². The zero-order valence-corrected chi connectivity index (χ0v) is 17.0. The van der Waals surface area contributed by atoms with Crippen LogP contribution >= 0.6 is 15.9 Å². The molecular formula is C21H22BrF2NO3. The molecule has 0 aliphatic carbocycles. The summed E-state index contributed by atoms with van der Waals surface area (Å²) >= 11 is 3.43. The van der Waals surface area contributed by atoms with Crippen LogP contribution in [0.15, 0.2) is 53.0 Å². The second-order valence-electron chi connectivity index (χ2n) is 6.85. The number of ether oxygens (including phenoxy) is 2. The van der Waals surface area contributed by atoms with Crippen LogP contribution in [0.3, 0.4) is 0 Å². The van der Waals surface area contributed by atoms with Gasteiger partial charge in [0, 0.05) is 17.7 Å². The lowest BCUT2D eigenvalue weighted by Crippen LogP contribution is -2.48. The van der Waals surface area contributed by atoms with Crippen LogP contribution in [-0.4, -0.2) is 25.7 Å². The summed E-state index contributed by atoms with van der Waals surface area (Å²) in [5.74, 6) is -0.0203. The monoisotopic (exact) mass is 453 g/mol. The molecule has 28 heavy (non-hydrogen) atoms. The maximum atomic E-state index is 13.3. The standard InChI is InChI=1S/C21H22BrF2NO3/c1-14(15-3-2-4-18(13-15)28-20(23)24)25-19(26)21(9-11-27-12-10-21)16-5-7-17(22)8-6-16/h2-8,13-14,20H,9-12H2,1H3,(H,25,26). The Labute approximate surface area is 171 Å². The summed E-state index contributed by atoms with van der Waals surface area (Å²) in [7, 11) is 0. The number of carbonyl (C=O) groups is 1. The first kappa shape index (κ1) is 20.7. The number of amides is 1. The minimum absolute atomic E-state index is 0.0716. The van der Waals surface area contributed by atoms with Crippen LogP contribution in [0.2, 0.25) is 0 Å². The van der Waals surface area contributed by atoms with Crippen LogP contribution in [0.5, 0.6) is 5.75 Å². The topological polar surface area (TPSA) is 47.6 Å². The maximum absolute atomic E-state index is 13.3. The Bertz CT molecular complexity index is 808. The molecule has 1 aliphatic rings. The molecule has 0 spiro atoms. The van der Waals surface area contributed by atoms with Gasteiger partial charge in [0.25, 0.3) is 0 Å². The minimum Gasteiger partial charge on any atom is -0.435 e. The van der Waals surface area contributed by atoms with Crippen molar-refractivity contribution in [2.75, 3.05) is 13.2 Å². The highest BCUT2D eigenvalue weighted by molar-refractivity contribution is 9.10. The van der Waals surface area contributed by atoms with E-state index in [-0.39, 0.29) is 17.7 Å². The van der Waals surface area contributed by atoms with E-state index in [1.165, 1.54) is 12.1 Å². The van der Waals surface area contributed by atoms with Crippen molar-refractivity contribution in [1.29, 1.82) is 0 Å². The van der Waals surface area contributed by atoms with Crippen molar-refractivity contribution >= 4 is 21.8 Å². The zero-order chi connectivity index (χ0) is 20.1. The lowest BCUT2D eigenvalue weighted by Gasteiger charge is -2.37. The summed E-state index contributed by atoms with van der Waals surface area (Å²) in [5, 5.41) is 3.05. The van der Waals surface area contributed by atoms with Gasteiger partial charge >= 0.3 is 6.61 Å². The fraction of sp³-hybridized carbons (Fsp3) is 0.381. The molecule has 1 fully saturated rings. The van der Waals surface area contributed by atoms with Crippen molar-refractivity contribution in [3.8, 4) is 5.75 Å². The molecule has 1 N–H and O–H groups in total. The molecule has 150 valence electrons. The Kier molecular flexibility index (Phi) is 6.67. The van der Waals surface area contributed by atoms with Crippen LogP contribution in [0, 0.1) is 0 Å². The van der Waals surface area contributed by atoms with E-state index in [4.69, 9.17) is 4.74 Å². The number of benzene rings is 2. The number of hydrogen-bond acceptors (Lipinski definition) is 3. The van der Waals surface area contributed by atoms with Crippen molar-refractivity contribution in [1.82, 2.24) is 5.32 Å². The van der Waals surface area contributed by atoms with E-state index < -0.39 is 12.0 Å². The molecule has 1 aliphatic heterocycles. The van der Waals surface area contributed by atoms with E-state index >= 15 is 0 Å². The number of nitrogens with one attached hydrogen (secondary N) is 1. The van der Waals surface area contributed by atoms with Crippen LogP contribution in [0.1, 0.15) is 36.9 Å². The van der Waals surface area contributed by atoms with Gasteiger partial charge in [-0.15, -0.1) is 0 Å². The Balaban J connectivity index is 1.81. The predicted octanol–water partition coefficient (Wildman–Crippen LogP) is 4.98. The molecule has 0 radical (unpaired) electrons. The number of halogens is 3. The van der Waals surface area contributed by atoms with E-state index in [9.17, 15) is 13.6 Å². The van der Waals surface area contributed by atoms with Crippen molar-refractivity contribution in [2.24, 2.45) is 0 Å². The van der Waals surface area contributed by atoms with Gasteiger partial charge in [-0.1, -0.05) is 40.2 Å². The Hall–Kier alpha value is -1.99. The minimum atomic E-state index is -2.89. The third kappa shape index (κ3) is 4.70. The first-order chi connectivity index (χ1) is 13.4. The van der Waals surface area contributed by atoms with Gasteiger partial charge in [-0.3, -0.25) is 4.79 Å². The molecule has 0 bridgehead atoms. The molecule has 0 aromatic heterocycles. The van der Waals surface area contributed by atoms with Gasteiger partial charge in [-0.2, -0.15) is 8.78 Å². The van der Waals surface area contributed by atoms with Gasteiger partial charge in [-0.25, -0.2) is 0 Å². The summed E-state index contributed by atoms with van der Waals surface area (Å²) in [6.45, 7) is -0.0397. The molecular weight excluding hydrogens is 432 g/mol. The summed E-state index contributed by atoms with van der Waals surface area (Å²) in [6.07, 6.45) is 1.17. The van der Waals surface area contributed by atoms with Crippen LogP contribution in [-0.2, 0) is 14.9 Å². The van der Waals surface area contributed by atoms with Gasteiger partial charge in [0.2, 0.25) is 5.91 Å². The molecule has 1 atom stereocenters. The third-order valence-electron chi connectivity index (χ3n) is 5.11. The largest absolute Gasteiger partial charge is 0.435 e. The van der Waals surface area contributed by atoms with Gasteiger partial charge in [0.15, 0.2) is 0 Å². The highest BCUT2D eigenvalue weighted by Gasteiger charge is 2.42. The SMILES string of the molecule is CC(NC(=O)C1(c2ccc(Br)cc2)CCOCC1)c1cccc(OC(F)F)c1. The fourth-order valence-corrected chi connectivity index (χ4v) is 3.78. The molecule has 2 aromatic carbocycles. The highest BCUT2D eigenvalue weighted by Crippen LogP contribution is 2.36. The van der Waals surface area contributed by atoms with E-state index in [0.717, 1.165) is 10.0 Å². The Morgan fingerprint density at radius 1 is 1.18 bits per heavy atom. The Morgan fingerprint density at radius 2 is 1.86 bits per heavy atom. The molecule has 1 unspecified atom stereocenters. The predicted molar refractivity (Wildman–Crippen MR) is 106 cm³/mol. The molecule has 7 heteroatoms. The van der Waals surface area contributed by atoms with Crippen molar-refractivity contribution in [3.63, 3.8) is 0 Å². The van der Waals surface area contributed by atoms with Crippen molar-refractivity contribution in [2.45, 2.75) is 37.8 Å². The summed E-state index contributed by atoms with van der Waals surface area (Å²) in [4.78, 5) is 13.3. The second kappa shape index (κ2) is 9.01. The van der Waals surface area contributed by atoms with E-state index in [1.54, 1.807) is 12.1 Å². The fourth-order valence-electron chi connectivity index (χ4n) is 3.51. The Morgan fingerprint density at radius 3 is 2.50 bits per heavy atom. The number of alkyl halides is 2. The summed E-state index contributed by atoms with van der Waals surface area (Å²) in [5.41, 5.74) is 0.965. The summed E-state index contributed by atoms with van der Waals surface area (Å²) < 4.78 is 35.8. The number of hydrogen-bond donors (Lipinski definition) is 1. The summed E-state index contributed by atoms with van der Waals surface area (Å²) in [6, 6.07) is 13.8. The highest BCUT2D eigenvalue weighted by atomic mass is 79.9. The van der Waals surface area contributed by atoms with Crippen molar-refractivity contribution in [3.05, 3.63) is 64.1 Å². The van der Waals surface area contributed by atoms with Gasteiger partial charge < -0.3 is 14.8 Å². The average molecular weight is 454 g/mol. The molecule has 4 nitrogen and oxygen atoms in total. The zero-order valence-electron chi connectivity index (χ0n) is 15.5. The average Bonchev–Trinajstić information content (AvgIpc) is 2.68. The van der Waals surface area contributed by atoms with Gasteiger partial charge in [0.05, 0.1) is 11.5 Å². The number of rotatable bonds is 6. The lowest BCUT2D eigenvalue weighted by atomic mass is 9.73. The van der Waals surface area contributed by atoms with Crippen molar-refractivity contribution < 1.29 is 23.0 Å². The smallest absolute Gasteiger partial charge is 0.387 e. The lowest BCUT2D eigenvalue weighted by molar-refractivity contribution is -0.131. The molecule has 3 rings (SSSR count). The molecule has 1 amide bonds. The van der Waals surface area contributed by atoms with Crippen LogP contribution in [0.4, 0.5) is 8.78 Å². The first-order valence-electron chi connectivity index (χ1n) is 9.10. The number of carbonyl (C=O) groups excluding carboxylic acids is 1. The molecule has 2 aromatic rings. The van der Waals surface area contributed by atoms with E-state index in [1.807, 2.05) is 31.2 Å². The van der Waals surface area contributed by atoms with Crippen LogP contribution < -0.4 is 10.1 Å². The maximum Gasteiger partial charge on any atom is 0.387 e.